The zero-order chi connectivity index (χ0) is 16.0. The first-order valence-electron chi connectivity index (χ1n) is 6.90. The van der Waals surface area contributed by atoms with E-state index in [1.807, 2.05) is 42.8 Å². The van der Waals surface area contributed by atoms with Crippen LogP contribution in [0.2, 0.25) is 0 Å². The predicted octanol–water partition coefficient (Wildman–Crippen LogP) is 2.61. The number of aromatic nitrogens is 1. The van der Waals surface area contributed by atoms with Crippen LogP contribution in [0.5, 0.6) is 5.75 Å². The number of amides is 1. The Morgan fingerprint density at radius 3 is 2.64 bits per heavy atom. The lowest BCUT2D eigenvalue weighted by molar-refractivity contribution is 0.100. The van der Waals surface area contributed by atoms with Crippen LogP contribution in [0.25, 0.3) is 16.6 Å². The monoisotopic (exact) mass is 295 g/mol. The predicted molar refractivity (Wildman–Crippen MR) is 86.9 cm³/mol. The summed E-state index contributed by atoms with van der Waals surface area (Å²) in [7, 11) is 0. The first-order chi connectivity index (χ1) is 10.4. The van der Waals surface area contributed by atoms with Crippen molar-refractivity contribution in [2.45, 2.75) is 13.8 Å². The van der Waals surface area contributed by atoms with Gasteiger partial charge in [-0.3, -0.25) is 4.79 Å². The van der Waals surface area contributed by atoms with Crippen LogP contribution in [0.15, 0.2) is 36.7 Å². The van der Waals surface area contributed by atoms with Gasteiger partial charge in [0.05, 0.1) is 16.8 Å². The van der Waals surface area contributed by atoms with E-state index in [0.717, 1.165) is 11.1 Å². The van der Waals surface area contributed by atoms with Gasteiger partial charge in [0.25, 0.3) is 5.91 Å². The summed E-state index contributed by atoms with van der Waals surface area (Å²) in [6.07, 6.45) is 3.68. The first kappa shape index (κ1) is 14.0. The van der Waals surface area contributed by atoms with Gasteiger partial charge in [0.2, 0.25) is 0 Å². The second-order valence-corrected chi connectivity index (χ2v) is 5.40. The molecule has 0 saturated heterocycles. The van der Waals surface area contributed by atoms with Crippen molar-refractivity contribution in [3.05, 3.63) is 53.3 Å². The highest BCUT2D eigenvalue weighted by Crippen LogP contribution is 2.38. The molecule has 0 unspecified atom stereocenters. The normalized spacial score (nSPS) is 11.0. The molecule has 3 aromatic rings. The van der Waals surface area contributed by atoms with Crippen molar-refractivity contribution in [2.75, 3.05) is 5.73 Å². The molecule has 0 spiro atoms. The van der Waals surface area contributed by atoms with E-state index in [1.54, 1.807) is 12.1 Å². The summed E-state index contributed by atoms with van der Waals surface area (Å²) in [6.45, 7) is 3.76. The number of pyridine rings is 1. The molecule has 5 heteroatoms. The number of hydrogen-bond acceptors (Lipinski definition) is 3. The molecule has 22 heavy (non-hydrogen) atoms. The molecule has 2 heterocycles. The van der Waals surface area contributed by atoms with Crippen molar-refractivity contribution in [3.63, 3.8) is 0 Å². The Bertz CT molecular complexity index is 910. The summed E-state index contributed by atoms with van der Waals surface area (Å²) in [4.78, 5) is 11.8. The minimum Gasteiger partial charge on any atom is -0.508 e. The number of rotatable bonds is 2. The topological polar surface area (TPSA) is 93.7 Å². The average molecular weight is 295 g/mol. The van der Waals surface area contributed by atoms with Crippen LogP contribution < -0.4 is 11.5 Å². The number of phenolic OH excluding ortho intramolecular Hbond substituents is 1. The Morgan fingerprint density at radius 1 is 1.23 bits per heavy atom. The number of anilines is 1. The highest BCUT2D eigenvalue weighted by molar-refractivity contribution is 6.08. The SMILES string of the molecule is Cc1ccc(O)c(C)c1-c1cn2cccc2c(C(N)=O)c1N. The Balaban J connectivity index is 2.45. The van der Waals surface area contributed by atoms with E-state index < -0.39 is 5.91 Å². The summed E-state index contributed by atoms with van der Waals surface area (Å²) >= 11 is 0. The number of nitrogen functional groups attached to an aromatic ring is 1. The molecule has 2 aromatic heterocycles. The molecule has 5 nitrogen and oxygen atoms in total. The average Bonchev–Trinajstić information content (AvgIpc) is 2.91. The summed E-state index contributed by atoms with van der Waals surface area (Å²) in [5.74, 6) is -0.383. The number of carbonyl (C=O) groups excluding carboxylic acids is 1. The lowest BCUT2D eigenvalue weighted by Gasteiger charge is -2.16. The van der Waals surface area contributed by atoms with Gasteiger partial charge in [-0.25, -0.2) is 0 Å². The van der Waals surface area contributed by atoms with Crippen molar-refractivity contribution >= 4 is 17.1 Å². The molecule has 0 saturated carbocycles. The maximum absolute atomic E-state index is 11.8. The molecular weight excluding hydrogens is 278 g/mol. The Hall–Kier alpha value is -2.95. The quantitative estimate of drug-likeness (QED) is 0.678. The molecule has 0 aliphatic heterocycles. The Labute approximate surface area is 127 Å². The summed E-state index contributed by atoms with van der Waals surface area (Å²) in [6, 6.07) is 7.09. The zero-order valence-corrected chi connectivity index (χ0v) is 12.4. The van der Waals surface area contributed by atoms with Crippen molar-refractivity contribution in [1.82, 2.24) is 4.40 Å². The number of benzene rings is 1. The van der Waals surface area contributed by atoms with E-state index in [-0.39, 0.29) is 5.75 Å². The number of nitrogens with two attached hydrogens (primary N) is 2. The van der Waals surface area contributed by atoms with Gasteiger partial charge in [-0.05, 0) is 48.7 Å². The molecule has 0 radical (unpaired) electrons. The number of aryl methyl sites for hydroxylation is 1. The molecule has 1 aromatic carbocycles. The van der Waals surface area contributed by atoms with Gasteiger partial charge in [0.1, 0.15) is 5.75 Å². The van der Waals surface area contributed by atoms with E-state index in [2.05, 4.69) is 0 Å². The Kier molecular flexibility index (Phi) is 3.06. The smallest absolute Gasteiger partial charge is 0.252 e. The van der Waals surface area contributed by atoms with E-state index >= 15 is 0 Å². The van der Waals surface area contributed by atoms with Crippen molar-refractivity contribution in [1.29, 1.82) is 0 Å². The van der Waals surface area contributed by atoms with E-state index in [9.17, 15) is 9.90 Å². The standard InChI is InChI=1S/C17H17N3O2/c1-9-5-6-13(21)10(2)14(9)11-8-20-7-3-4-12(20)15(16(11)18)17(19)22/h3-8,21H,18H2,1-2H3,(H2,19,22). The number of fused-ring (bicyclic) bond motifs is 1. The third-order valence-electron chi connectivity index (χ3n) is 4.02. The Morgan fingerprint density at radius 2 is 1.95 bits per heavy atom. The summed E-state index contributed by atoms with van der Waals surface area (Å²) < 4.78 is 1.81. The third kappa shape index (κ3) is 1.90. The van der Waals surface area contributed by atoms with Gasteiger partial charge in [0.15, 0.2) is 0 Å². The molecule has 1 amide bonds. The number of hydrogen-bond donors (Lipinski definition) is 3. The molecule has 0 bridgehead atoms. The number of aromatic hydroxyl groups is 1. The fourth-order valence-corrected chi connectivity index (χ4v) is 2.91. The maximum Gasteiger partial charge on any atom is 0.252 e. The van der Waals surface area contributed by atoms with Gasteiger partial charge >= 0.3 is 0 Å². The van der Waals surface area contributed by atoms with Crippen LogP contribution in [0.4, 0.5) is 5.69 Å². The summed E-state index contributed by atoms with van der Waals surface area (Å²) in [5.41, 5.74) is 16.2. The van der Waals surface area contributed by atoms with Crippen LogP contribution in [0.1, 0.15) is 21.5 Å². The van der Waals surface area contributed by atoms with Gasteiger partial charge in [-0.15, -0.1) is 0 Å². The lowest BCUT2D eigenvalue weighted by atomic mass is 9.93. The highest BCUT2D eigenvalue weighted by atomic mass is 16.3. The number of nitrogens with zero attached hydrogens (tertiary/aromatic N) is 1. The molecule has 0 atom stereocenters. The van der Waals surface area contributed by atoms with Crippen LogP contribution in [0.3, 0.4) is 0 Å². The van der Waals surface area contributed by atoms with Gasteiger partial charge in [-0.1, -0.05) is 6.07 Å². The molecule has 112 valence electrons. The van der Waals surface area contributed by atoms with Crippen molar-refractivity contribution in [2.24, 2.45) is 5.73 Å². The number of primary amides is 1. The number of phenols is 1. The number of carbonyl (C=O) groups is 1. The van der Waals surface area contributed by atoms with Crippen LogP contribution >= 0.6 is 0 Å². The second kappa shape index (κ2) is 4.80. The van der Waals surface area contributed by atoms with Gasteiger partial charge < -0.3 is 21.0 Å². The minimum atomic E-state index is -0.571. The summed E-state index contributed by atoms with van der Waals surface area (Å²) in [5, 5.41) is 9.99. The minimum absolute atomic E-state index is 0.188. The largest absolute Gasteiger partial charge is 0.508 e. The molecule has 0 fully saturated rings. The molecule has 5 N–H and O–H groups in total. The van der Waals surface area contributed by atoms with E-state index in [0.29, 0.717) is 27.9 Å². The third-order valence-corrected chi connectivity index (χ3v) is 4.02. The van der Waals surface area contributed by atoms with Crippen LogP contribution in [-0.4, -0.2) is 15.4 Å². The molecular formula is C17H17N3O2. The second-order valence-electron chi connectivity index (χ2n) is 5.40. The molecule has 0 aliphatic rings. The van der Waals surface area contributed by atoms with Crippen LogP contribution in [-0.2, 0) is 0 Å². The van der Waals surface area contributed by atoms with E-state index in [1.165, 1.54) is 0 Å². The zero-order valence-electron chi connectivity index (χ0n) is 12.4. The van der Waals surface area contributed by atoms with Gasteiger partial charge in [-0.2, -0.15) is 0 Å². The van der Waals surface area contributed by atoms with Crippen molar-refractivity contribution in [3.8, 4) is 16.9 Å². The first-order valence-corrected chi connectivity index (χ1v) is 6.90. The molecule has 3 rings (SSSR count). The fourth-order valence-electron chi connectivity index (χ4n) is 2.91. The maximum atomic E-state index is 11.8. The molecule has 0 aliphatic carbocycles. The highest BCUT2D eigenvalue weighted by Gasteiger charge is 2.19. The fraction of sp³-hybridized carbons (Fsp3) is 0.118. The van der Waals surface area contributed by atoms with Gasteiger partial charge in [0, 0.05) is 18.0 Å². The van der Waals surface area contributed by atoms with E-state index in [4.69, 9.17) is 11.5 Å². The lowest BCUT2D eigenvalue weighted by Crippen LogP contribution is -2.16. The van der Waals surface area contributed by atoms with Crippen molar-refractivity contribution < 1.29 is 9.90 Å². The van der Waals surface area contributed by atoms with Crippen LogP contribution in [0, 0.1) is 13.8 Å².